The van der Waals surface area contributed by atoms with Crippen LogP contribution in [0.25, 0.3) is 0 Å². The molecule has 6 nitrogen and oxygen atoms in total. The van der Waals surface area contributed by atoms with Gasteiger partial charge in [-0.2, -0.15) is 0 Å². The lowest BCUT2D eigenvalue weighted by Crippen LogP contribution is -2.20. The highest BCUT2D eigenvalue weighted by Gasteiger charge is 2.23. The van der Waals surface area contributed by atoms with Crippen LogP contribution >= 0.6 is 11.8 Å². The monoisotopic (exact) mass is 393 g/mol. The Morgan fingerprint density at radius 2 is 1.82 bits per heavy atom. The number of carbonyl (C=O) groups is 2. The predicted octanol–water partition coefficient (Wildman–Crippen LogP) is 3.75. The Morgan fingerprint density at radius 3 is 2.50 bits per heavy atom. The number of aromatic nitrogens is 2. The normalized spacial score (nSPS) is 11.6. The second-order valence-electron chi connectivity index (χ2n) is 6.23. The number of nitrogens with zero attached hydrogens (tertiary/aromatic N) is 1. The molecule has 1 aromatic heterocycles. The standard InChI is InChI=1S/C21H19N3O3S/c1-13-11-18(26)24-21(22-13)28-19(15-7-4-3-5-8-15)20(27)23-17-10-6-9-16(12-17)14(2)25/h3-12,19H,1-2H3,(H,23,27)(H,22,24,26)/t19-/m0/s1. The van der Waals surface area contributed by atoms with Crippen molar-refractivity contribution in [2.24, 2.45) is 0 Å². The Kier molecular flexibility index (Phi) is 6.06. The van der Waals surface area contributed by atoms with E-state index in [-0.39, 0.29) is 17.2 Å². The number of hydrogen-bond donors (Lipinski definition) is 2. The molecule has 0 fully saturated rings. The van der Waals surface area contributed by atoms with Gasteiger partial charge in [0.15, 0.2) is 10.9 Å². The molecule has 1 heterocycles. The van der Waals surface area contributed by atoms with Crippen molar-refractivity contribution in [1.29, 1.82) is 0 Å². The van der Waals surface area contributed by atoms with E-state index < -0.39 is 5.25 Å². The summed E-state index contributed by atoms with van der Waals surface area (Å²) in [5, 5.41) is 2.59. The van der Waals surface area contributed by atoms with Gasteiger partial charge in [-0.3, -0.25) is 14.4 Å². The Hall–Kier alpha value is -3.19. The van der Waals surface area contributed by atoms with Crippen molar-refractivity contribution in [3.05, 3.63) is 87.8 Å². The van der Waals surface area contributed by atoms with E-state index in [4.69, 9.17) is 0 Å². The van der Waals surface area contributed by atoms with Gasteiger partial charge in [0.2, 0.25) is 5.91 Å². The maximum Gasteiger partial charge on any atom is 0.251 e. The Balaban J connectivity index is 1.90. The highest BCUT2D eigenvalue weighted by molar-refractivity contribution is 8.00. The molecule has 1 atom stereocenters. The second-order valence-corrected chi connectivity index (χ2v) is 7.32. The van der Waals surface area contributed by atoms with Crippen LogP contribution in [0.2, 0.25) is 0 Å². The summed E-state index contributed by atoms with van der Waals surface area (Å²) in [6.45, 7) is 3.20. The van der Waals surface area contributed by atoms with E-state index in [0.29, 0.717) is 22.1 Å². The smallest absolute Gasteiger partial charge is 0.251 e. The minimum atomic E-state index is -0.632. The summed E-state index contributed by atoms with van der Waals surface area (Å²) in [5.41, 5.74) is 2.14. The molecule has 0 saturated heterocycles. The third-order valence-electron chi connectivity index (χ3n) is 3.95. The molecule has 1 amide bonds. The Morgan fingerprint density at radius 1 is 1.07 bits per heavy atom. The maximum atomic E-state index is 13.0. The number of thioether (sulfide) groups is 1. The lowest BCUT2D eigenvalue weighted by atomic mass is 10.1. The molecule has 2 aromatic carbocycles. The molecule has 3 aromatic rings. The number of Topliss-reactive ketones (excluding diaryl/α,β-unsaturated/α-hetero) is 1. The second kappa shape index (κ2) is 8.67. The number of ketones is 1. The van der Waals surface area contributed by atoms with Crippen LogP contribution < -0.4 is 10.9 Å². The van der Waals surface area contributed by atoms with Crippen LogP contribution in [0, 0.1) is 6.92 Å². The minimum Gasteiger partial charge on any atom is -0.325 e. The van der Waals surface area contributed by atoms with Gasteiger partial charge in [0.25, 0.3) is 5.56 Å². The van der Waals surface area contributed by atoms with Crippen LogP contribution in [0.15, 0.2) is 70.6 Å². The summed E-state index contributed by atoms with van der Waals surface area (Å²) in [7, 11) is 0. The SMILES string of the molecule is CC(=O)c1cccc(NC(=O)[C@@H](Sc2nc(C)cc(=O)[nH]2)c2ccccc2)c1. The Labute approximate surface area is 166 Å². The van der Waals surface area contributed by atoms with Crippen LogP contribution in [-0.4, -0.2) is 21.7 Å². The first-order valence-electron chi connectivity index (χ1n) is 8.64. The number of H-pyrrole nitrogens is 1. The van der Waals surface area contributed by atoms with Crippen molar-refractivity contribution in [2.45, 2.75) is 24.3 Å². The molecular weight excluding hydrogens is 374 g/mol. The zero-order valence-corrected chi connectivity index (χ0v) is 16.2. The average molecular weight is 393 g/mol. The fraction of sp³-hybridized carbons (Fsp3) is 0.143. The molecule has 7 heteroatoms. The van der Waals surface area contributed by atoms with Crippen molar-refractivity contribution < 1.29 is 9.59 Å². The van der Waals surface area contributed by atoms with Gasteiger partial charge < -0.3 is 10.3 Å². The zero-order valence-electron chi connectivity index (χ0n) is 15.4. The molecule has 0 unspecified atom stereocenters. The fourth-order valence-electron chi connectivity index (χ4n) is 2.64. The number of aryl methyl sites for hydroxylation is 1. The number of rotatable bonds is 6. The van der Waals surface area contributed by atoms with Crippen molar-refractivity contribution >= 4 is 29.1 Å². The van der Waals surface area contributed by atoms with Crippen LogP contribution in [0.3, 0.4) is 0 Å². The number of anilines is 1. The highest BCUT2D eigenvalue weighted by atomic mass is 32.2. The average Bonchev–Trinajstić information content (AvgIpc) is 2.66. The number of nitrogens with one attached hydrogen (secondary N) is 2. The molecule has 0 aliphatic carbocycles. The van der Waals surface area contributed by atoms with Crippen LogP contribution in [0.5, 0.6) is 0 Å². The van der Waals surface area contributed by atoms with Gasteiger partial charge >= 0.3 is 0 Å². The lowest BCUT2D eigenvalue weighted by molar-refractivity contribution is -0.115. The number of carbonyl (C=O) groups excluding carboxylic acids is 2. The first-order valence-corrected chi connectivity index (χ1v) is 9.52. The third kappa shape index (κ3) is 4.95. The van der Waals surface area contributed by atoms with E-state index in [0.717, 1.165) is 17.3 Å². The summed E-state index contributed by atoms with van der Waals surface area (Å²) in [4.78, 5) is 43.3. The third-order valence-corrected chi connectivity index (χ3v) is 5.09. The fourth-order valence-corrected chi connectivity index (χ4v) is 3.68. The van der Waals surface area contributed by atoms with E-state index in [1.165, 1.54) is 13.0 Å². The van der Waals surface area contributed by atoms with Gasteiger partial charge in [-0.1, -0.05) is 54.2 Å². The first-order chi connectivity index (χ1) is 13.4. The van der Waals surface area contributed by atoms with Crippen molar-refractivity contribution in [3.63, 3.8) is 0 Å². The molecule has 3 rings (SSSR count). The molecular formula is C21H19N3O3S. The quantitative estimate of drug-likeness (QED) is 0.378. The van der Waals surface area contributed by atoms with E-state index in [2.05, 4.69) is 15.3 Å². The van der Waals surface area contributed by atoms with Gasteiger partial charge in [-0.15, -0.1) is 0 Å². The Bertz CT molecular complexity index is 1060. The minimum absolute atomic E-state index is 0.0772. The van der Waals surface area contributed by atoms with Crippen molar-refractivity contribution in [1.82, 2.24) is 9.97 Å². The lowest BCUT2D eigenvalue weighted by Gasteiger charge is -2.17. The van der Waals surface area contributed by atoms with E-state index in [1.54, 1.807) is 31.2 Å². The molecule has 0 aliphatic heterocycles. The largest absolute Gasteiger partial charge is 0.325 e. The summed E-state index contributed by atoms with van der Waals surface area (Å²) in [6.07, 6.45) is 0. The predicted molar refractivity (Wildman–Crippen MR) is 110 cm³/mol. The maximum absolute atomic E-state index is 13.0. The van der Waals surface area contributed by atoms with Crippen molar-refractivity contribution in [3.8, 4) is 0 Å². The zero-order chi connectivity index (χ0) is 20.1. The molecule has 0 aliphatic rings. The molecule has 0 saturated carbocycles. The van der Waals surface area contributed by atoms with Gasteiger partial charge in [0.1, 0.15) is 5.25 Å². The first kappa shape index (κ1) is 19.6. The van der Waals surface area contributed by atoms with E-state index in [1.807, 2.05) is 30.3 Å². The molecule has 0 radical (unpaired) electrons. The summed E-state index contributed by atoms with van der Waals surface area (Å²) in [5.74, 6) is -0.354. The summed E-state index contributed by atoms with van der Waals surface area (Å²) >= 11 is 1.16. The van der Waals surface area contributed by atoms with Crippen LogP contribution in [0.4, 0.5) is 5.69 Å². The van der Waals surface area contributed by atoms with E-state index >= 15 is 0 Å². The number of hydrogen-bond acceptors (Lipinski definition) is 5. The van der Waals surface area contributed by atoms with Crippen LogP contribution in [-0.2, 0) is 4.79 Å². The summed E-state index contributed by atoms with van der Waals surface area (Å²) in [6, 6.07) is 17.4. The highest BCUT2D eigenvalue weighted by Crippen LogP contribution is 2.34. The summed E-state index contributed by atoms with van der Waals surface area (Å²) < 4.78 is 0. The van der Waals surface area contributed by atoms with E-state index in [9.17, 15) is 14.4 Å². The van der Waals surface area contributed by atoms with Crippen LogP contribution in [0.1, 0.15) is 33.8 Å². The molecule has 0 spiro atoms. The van der Waals surface area contributed by atoms with Crippen molar-refractivity contribution in [2.75, 3.05) is 5.32 Å². The number of aromatic amines is 1. The van der Waals surface area contributed by atoms with Gasteiger partial charge in [0, 0.05) is 23.0 Å². The van der Waals surface area contributed by atoms with Gasteiger partial charge in [0.05, 0.1) is 0 Å². The molecule has 28 heavy (non-hydrogen) atoms. The molecule has 2 N–H and O–H groups in total. The number of benzene rings is 2. The molecule has 142 valence electrons. The molecule has 0 bridgehead atoms. The van der Waals surface area contributed by atoms with Gasteiger partial charge in [-0.25, -0.2) is 4.98 Å². The topological polar surface area (TPSA) is 91.9 Å². The van der Waals surface area contributed by atoms with Gasteiger partial charge in [-0.05, 0) is 31.5 Å². The number of amides is 1.